The molecule has 2 heterocycles. The van der Waals surface area contributed by atoms with Crippen LogP contribution in [-0.4, -0.2) is 28.3 Å². The minimum absolute atomic E-state index is 0.0233. The SMILES string of the molecule is CCC1(CC)NC(=O)C(C(C)C)N(Cc2cccs2)C1=O. The Morgan fingerprint density at radius 3 is 2.48 bits per heavy atom. The molecular formula is C16H24N2O2S. The molecule has 1 aromatic heterocycles. The number of carbonyl (C=O) groups excluding carboxylic acids is 2. The zero-order valence-electron chi connectivity index (χ0n) is 13.2. The van der Waals surface area contributed by atoms with E-state index in [4.69, 9.17) is 0 Å². The Kier molecular flexibility index (Phi) is 4.71. The lowest BCUT2D eigenvalue weighted by molar-refractivity contribution is -0.158. The van der Waals surface area contributed by atoms with Gasteiger partial charge in [-0.3, -0.25) is 9.59 Å². The number of carbonyl (C=O) groups is 2. The fourth-order valence-corrected chi connectivity index (χ4v) is 3.74. The second-order valence-corrected chi connectivity index (χ2v) is 7.01. The van der Waals surface area contributed by atoms with E-state index >= 15 is 0 Å². The Labute approximate surface area is 130 Å². The number of amides is 2. The molecule has 0 aliphatic carbocycles. The highest BCUT2D eigenvalue weighted by molar-refractivity contribution is 7.09. The molecule has 2 amide bonds. The van der Waals surface area contributed by atoms with Gasteiger partial charge in [0.05, 0.1) is 6.54 Å². The molecule has 0 saturated carbocycles. The van der Waals surface area contributed by atoms with Crippen LogP contribution in [0.4, 0.5) is 0 Å². The summed E-state index contributed by atoms with van der Waals surface area (Å²) in [5, 5.41) is 4.99. The number of rotatable bonds is 5. The molecular weight excluding hydrogens is 284 g/mol. The summed E-state index contributed by atoms with van der Waals surface area (Å²) in [6.45, 7) is 8.42. The van der Waals surface area contributed by atoms with Gasteiger partial charge in [0, 0.05) is 4.88 Å². The average molecular weight is 308 g/mol. The molecule has 1 fully saturated rings. The molecule has 0 radical (unpaired) electrons. The summed E-state index contributed by atoms with van der Waals surface area (Å²) in [4.78, 5) is 28.5. The average Bonchev–Trinajstić information content (AvgIpc) is 2.95. The first-order valence-electron chi connectivity index (χ1n) is 7.60. The van der Waals surface area contributed by atoms with Crippen molar-refractivity contribution in [2.75, 3.05) is 0 Å². The van der Waals surface area contributed by atoms with Crippen molar-refractivity contribution in [2.24, 2.45) is 5.92 Å². The molecule has 5 heteroatoms. The summed E-state index contributed by atoms with van der Waals surface area (Å²) in [7, 11) is 0. The van der Waals surface area contributed by atoms with Crippen LogP contribution in [0.3, 0.4) is 0 Å². The summed E-state index contributed by atoms with van der Waals surface area (Å²) in [6.07, 6.45) is 1.25. The molecule has 1 atom stereocenters. The van der Waals surface area contributed by atoms with Crippen molar-refractivity contribution in [3.8, 4) is 0 Å². The third kappa shape index (κ3) is 2.84. The monoisotopic (exact) mass is 308 g/mol. The van der Waals surface area contributed by atoms with Crippen LogP contribution >= 0.6 is 11.3 Å². The smallest absolute Gasteiger partial charge is 0.249 e. The topological polar surface area (TPSA) is 49.4 Å². The Bertz CT molecular complexity index is 506. The Morgan fingerprint density at radius 1 is 1.33 bits per heavy atom. The Morgan fingerprint density at radius 2 is 2.00 bits per heavy atom. The second-order valence-electron chi connectivity index (χ2n) is 5.98. The van der Waals surface area contributed by atoms with Crippen LogP contribution in [0.5, 0.6) is 0 Å². The number of piperazine rings is 1. The van der Waals surface area contributed by atoms with Crippen molar-refractivity contribution in [3.05, 3.63) is 22.4 Å². The predicted octanol–water partition coefficient (Wildman–Crippen LogP) is 2.79. The Balaban J connectivity index is 2.37. The molecule has 0 bridgehead atoms. The van der Waals surface area contributed by atoms with Crippen molar-refractivity contribution in [3.63, 3.8) is 0 Å². The maximum Gasteiger partial charge on any atom is 0.249 e. The van der Waals surface area contributed by atoms with Crippen molar-refractivity contribution >= 4 is 23.2 Å². The summed E-state index contributed by atoms with van der Waals surface area (Å²) in [5.41, 5.74) is -0.736. The minimum Gasteiger partial charge on any atom is -0.340 e. The fraction of sp³-hybridized carbons (Fsp3) is 0.625. The summed E-state index contributed by atoms with van der Waals surface area (Å²) < 4.78 is 0. The van der Waals surface area contributed by atoms with E-state index < -0.39 is 5.54 Å². The van der Waals surface area contributed by atoms with Crippen LogP contribution < -0.4 is 5.32 Å². The number of thiophene rings is 1. The molecule has 1 unspecified atom stereocenters. The third-order valence-electron chi connectivity index (χ3n) is 4.38. The van der Waals surface area contributed by atoms with E-state index in [0.29, 0.717) is 19.4 Å². The third-order valence-corrected chi connectivity index (χ3v) is 5.24. The second kappa shape index (κ2) is 6.18. The minimum atomic E-state index is -0.736. The van der Waals surface area contributed by atoms with Crippen LogP contribution in [0.1, 0.15) is 45.4 Å². The van der Waals surface area contributed by atoms with Gasteiger partial charge < -0.3 is 10.2 Å². The zero-order valence-corrected chi connectivity index (χ0v) is 14.0. The molecule has 116 valence electrons. The molecule has 1 aromatic rings. The van der Waals surface area contributed by atoms with E-state index in [1.807, 2.05) is 45.2 Å². The van der Waals surface area contributed by atoms with E-state index in [9.17, 15) is 9.59 Å². The maximum atomic E-state index is 13.0. The molecule has 2 rings (SSSR count). The van der Waals surface area contributed by atoms with Gasteiger partial charge in [-0.05, 0) is 30.2 Å². The van der Waals surface area contributed by atoms with E-state index in [1.54, 1.807) is 16.2 Å². The molecule has 1 aliphatic rings. The van der Waals surface area contributed by atoms with Crippen molar-refractivity contribution in [1.82, 2.24) is 10.2 Å². The van der Waals surface area contributed by atoms with Gasteiger partial charge in [-0.25, -0.2) is 0 Å². The maximum absolute atomic E-state index is 13.0. The highest BCUT2D eigenvalue weighted by atomic mass is 32.1. The van der Waals surface area contributed by atoms with Crippen molar-refractivity contribution in [1.29, 1.82) is 0 Å². The van der Waals surface area contributed by atoms with Gasteiger partial charge in [0.25, 0.3) is 0 Å². The number of hydrogen-bond donors (Lipinski definition) is 1. The summed E-state index contributed by atoms with van der Waals surface area (Å²) in [5.74, 6) is 0.129. The lowest BCUT2D eigenvalue weighted by Crippen LogP contribution is -2.70. The molecule has 0 aromatic carbocycles. The standard InChI is InChI=1S/C16H24N2O2S/c1-5-16(6-2)15(20)18(10-12-8-7-9-21-12)13(11(3)4)14(19)17-16/h7-9,11,13H,5-6,10H2,1-4H3,(H,17,19). The molecule has 1 aliphatic heterocycles. The van der Waals surface area contributed by atoms with E-state index in [1.165, 1.54) is 0 Å². The van der Waals surface area contributed by atoms with Crippen LogP contribution in [0.25, 0.3) is 0 Å². The van der Waals surface area contributed by atoms with Gasteiger partial charge >= 0.3 is 0 Å². The lowest BCUT2D eigenvalue weighted by Gasteiger charge is -2.46. The van der Waals surface area contributed by atoms with E-state index in [0.717, 1.165) is 4.88 Å². The summed E-state index contributed by atoms with van der Waals surface area (Å²) in [6, 6.07) is 3.61. The zero-order chi connectivity index (χ0) is 15.6. The first kappa shape index (κ1) is 16.0. The van der Waals surface area contributed by atoms with E-state index in [-0.39, 0.29) is 23.8 Å². The normalized spacial score (nSPS) is 21.8. The molecule has 4 nitrogen and oxygen atoms in total. The summed E-state index contributed by atoms with van der Waals surface area (Å²) >= 11 is 1.62. The number of hydrogen-bond acceptors (Lipinski definition) is 3. The van der Waals surface area contributed by atoms with Crippen LogP contribution in [0.15, 0.2) is 17.5 Å². The van der Waals surface area contributed by atoms with Crippen molar-refractivity contribution < 1.29 is 9.59 Å². The highest BCUT2D eigenvalue weighted by Crippen LogP contribution is 2.29. The quantitative estimate of drug-likeness (QED) is 0.909. The van der Waals surface area contributed by atoms with Gasteiger partial charge in [0.2, 0.25) is 11.8 Å². The lowest BCUT2D eigenvalue weighted by atomic mass is 9.85. The van der Waals surface area contributed by atoms with Crippen molar-refractivity contribution in [2.45, 2.75) is 58.7 Å². The predicted molar refractivity (Wildman–Crippen MR) is 85.0 cm³/mol. The first-order valence-corrected chi connectivity index (χ1v) is 8.48. The van der Waals surface area contributed by atoms with E-state index in [2.05, 4.69) is 5.32 Å². The largest absolute Gasteiger partial charge is 0.340 e. The number of nitrogens with zero attached hydrogens (tertiary/aromatic N) is 1. The molecule has 1 saturated heterocycles. The van der Waals surface area contributed by atoms with Gasteiger partial charge in [-0.15, -0.1) is 11.3 Å². The van der Waals surface area contributed by atoms with Gasteiger partial charge in [0.15, 0.2) is 0 Å². The molecule has 1 N–H and O–H groups in total. The first-order chi connectivity index (χ1) is 9.95. The van der Waals surface area contributed by atoms with Gasteiger partial charge in [-0.1, -0.05) is 33.8 Å². The molecule has 21 heavy (non-hydrogen) atoms. The fourth-order valence-electron chi connectivity index (χ4n) is 3.04. The highest BCUT2D eigenvalue weighted by Gasteiger charge is 2.49. The van der Waals surface area contributed by atoms with Gasteiger partial charge in [0.1, 0.15) is 11.6 Å². The Hall–Kier alpha value is -1.36. The molecule has 0 spiro atoms. The van der Waals surface area contributed by atoms with Crippen LogP contribution in [0, 0.1) is 5.92 Å². The number of nitrogens with one attached hydrogen (secondary N) is 1. The van der Waals surface area contributed by atoms with Crippen LogP contribution in [-0.2, 0) is 16.1 Å². The van der Waals surface area contributed by atoms with Crippen LogP contribution in [0.2, 0.25) is 0 Å². The van der Waals surface area contributed by atoms with Gasteiger partial charge in [-0.2, -0.15) is 0 Å².